The van der Waals surface area contributed by atoms with Gasteiger partial charge in [-0.2, -0.15) is 0 Å². The average molecular weight is 133 g/mol. The van der Waals surface area contributed by atoms with Gasteiger partial charge in [0.25, 0.3) is 0 Å². The molecule has 1 unspecified atom stereocenters. The first kappa shape index (κ1) is 8.94. The van der Waals surface area contributed by atoms with Crippen LogP contribution in [0, 0.1) is 0 Å². The van der Waals surface area contributed by atoms with Crippen molar-refractivity contribution in [3.63, 3.8) is 0 Å². The van der Waals surface area contributed by atoms with Crippen LogP contribution in [0.15, 0.2) is 0 Å². The van der Waals surface area contributed by atoms with Crippen molar-refractivity contribution in [2.45, 2.75) is 0 Å². The predicted octanol–water partition coefficient (Wildman–Crippen LogP) is -0.818. The standard InChI is InChI=1S/CH7PSi.Mn/c2-1-3;/h1-2H2,3H3;. The second kappa shape index (κ2) is 8.90. The van der Waals surface area contributed by atoms with Crippen LogP contribution in [-0.4, -0.2) is 16.0 Å². The van der Waals surface area contributed by atoms with Gasteiger partial charge in [-0.3, -0.25) is 0 Å². The molecule has 0 rings (SSSR count). The van der Waals surface area contributed by atoms with Gasteiger partial charge in [-0.15, -0.1) is 9.24 Å². The van der Waals surface area contributed by atoms with E-state index < -0.39 is 0 Å². The molecule has 4 heavy (non-hydrogen) atoms. The van der Waals surface area contributed by atoms with Crippen molar-refractivity contribution in [3.8, 4) is 0 Å². The second-order valence-corrected chi connectivity index (χ2v) is 3.67. The van der Waals surface area contributed by atoms with Gasteiger partial charge in [-0.25, -0.2) is 0 Å². The third kappa shape index (κ3) is 10.9. The molecular formula is CH7MnPSi. The van der Waals surface area contributed by atoms with Crippen LogP contribution in [0.5, 0.6) is 0 Å². The van der Waals surface area contributed by atoms with Crippen molar-refractivity contribution in [3.05, 3.63) is 0 Å². The first-order chi connectivity index (χ1) is 1.41. The largest absolute Gasteiger partial charge is 0.141 e. The average Bonchev–Trinajstić information content (AvgIpc) is 0.918. The van der Waals surface area contributed by atoms with Crippen molar-refractivity contribution in [2.24, 2.45) is 0 Å². The minimum Gasteiger partial charge on any atom is -0.141 e. The van der Waals surface area contributed by atoms with Crippen LogP contribution >= 0.6 is 9.24 Å². The zero-order chi connectivity index (χ0) is 2.71. The summed E-state index contributed by atoms with van der Waals surface area (Å²) in [5.41, 5.74) is 0. The van der Waals surface area contributed by atoms with Gasteiger partial charge < -0.3 is 0 Å². The van der Waals surface area contributed by atoms with E-state index in [1.54, 1.807) is 0 Å². The van der Waals surface area contributed by atoms with E-state index in [9.17, 15) is 0 Å². The van der Waals surface area contributed by atoms with Gasteiger partial charge >= 0.3 is 0 Å². The second-order valence-electron chi connectivity index (χ2n) is 0.408. The van der Waals surface area contributed by atoms with Crippen molar-refractivity contribution in [2.75, 3.05) is 5.79 Å². The summed E-state index contributed by atoms with van der Waals surface area (Å²) in [7, 11) is 3.97. The van der Waals surface area contributed by atoms with Gasteiger partial charge in [0.15, 0.2) is 0 Å². The fourth-order valence-electron chi connectivity index (χ4n) is 0. The topological polar surface area (TPSA) is 0 Å². The molecule has 0 aromatic rings. The molecule has 0 bridgehead atoms. The Hall–Kier alpha value is 1.17. The quantitative estimate of drug-likeness (QED) is 0.299. The molecule has 0 nitrogen and oxygen atoms in total. The molecule has 0 aliphatic rings. The summed E-state index contributed by atoms with van der Waals surface area (Å²) in [4.78, 5) is 0. The van der Waals surface area contributed by atoms with Crippen LogP contribution in [0.25, 0.3) is 0 Å². The predicted molar refractivity (Wildman–Crippen MR) is 24.5 cm³/mol. The Morgan fingerprint density at radius 3 is 1.75 bits per heavy atom. The van der Waals surface area contributed by atoms with E-state index in [-0.39, 0.29) is 17.1 Å². The van der Waals surface area contributed by atoms with Crippen LogP contribution in [0.1, 0.15) is 0 Å². The van der Waals surface area contributed by atoms with Crippen molar-refractivity contribution in [1.29, 1.82) is 0 Å². The molecule has 0 N–H and O–H groups in total. The summed E-state index contributed by atoms with van der Waals surface area (Å²) >= 11 is 0. The molecule has 0 aliphatic heterocycles. The van der Waals surface area contributed by atoms with Crippen LogP contribution in [-0.2, 0) is 17.1 Å². The molecule has 0 amide bonds. The molecule has 1 atom stereocenters. The van der Waals surface area contributed by atoms with Crippen LogP contribution in [0.4, 0.5) is 0 Å². The summed E-state index contributed by atoms with van der Waals surface area (Å²) in [6.07, 6.45) is 0. The Kier molecular flexibility index (Phi) is 19.9. The third-order valence-corrected chi connectivity index (χ3v) is 0. The van der Waals surface area contributed by atoms with E-state index in [0.29, 0.717) is 0 Å². The summed E-state index contributed by atoms with van der Waals surface area (Å²) in [5.74, 6) is 1.31. The summed E-state index contributed by atoms with van der Waals surface area (Å²) in [6.45, 7) is 0. The SMILES string of the molecule is [Mn].[SiH3]CP. The van der Waals surface area contributed by atoms with Gasteiger partial charge in [-0.05, 0) is 0 Å². The Bertz CT molecular complexity index is 8.00. The number of hydrogen-bond donors (Lipinski definition) is 0. The number of hydrogen-bond acceptors (Lipinski definition) is 0. The van der Waals surface area contributed by atoms with E-state index in [1.165, 1.54) is 16.0 Å². The van der Waals surface area contributed by atoms with Gasteiger partial charge in [0.2, 0.25) is 0 Å². The molecule has 1 radical (unpaired) electrons. The maximum Gasteiger partial charge on any atom is 0.00757 e. The number of rotatable bonds is 0. The van der Waals surface area contributed by atoms with Crippen LogP contribution < -0.4 is 0 Å². The Labute approximate surface area is 42.8 Å². The molecule has 0 aromatic heterocycles. The summed E-state index contributed by atoms with van der Waals surface area (Å²) in [5, 5.41) is 0. The van der Waals surface area contributed by atoms with Crippen LogP contribution in [0.2, 0.25) is 0 Å². The van der Waals surface area contributed by atoms with Crippen LogP contribution in [0.3, 0.4) is 0 Å². The first-order valence-corrected chi connectivity index (χ1v) is 3.35. The fraction of sp³-hybridized carbons (Fsp3) is 1.00. The zero-order valence-corrected chi connectivity index (χ0v) is 7.00. The third-order valence-electron chi connectivity index (χ3n) is 0. The summed E-state index contributed by atoms with van der Waals surface area (Å²) < 4.78 is 0. The summed E-state index contributed by atoms with van der Waals surface area (Å²) in [6, 6.07) is 0. The van der Waals surface area contributed by atoms with E-state index >= 15 is 0 Å². The molecule has 3 heteroatoms. The molecule has 0 aliphatic carbocycles. The molecule has 0 fully saturated rings. The van der Waals surface area contributed by atoms with Gasteiger partial charge in [0, 0.05) is 27.3 Å². The van der Waals surface area contributed by atoms with E-state index in [1.807, 2.05) is 0 Å². The maximum absolute atomic E-state index is 2.64. The maximum atomic E-state index is 2.64. The molecule has 0 spiro atoms. The van der Waals surface area contributed by atoms with Crippen molar-refractivity contribution in [1.82, 2.24) is 0 Å². The molecule has 0 heterocycles. The molecule has 0 aromatic carbocycles. The normalized spacial score (nSPS) is 5.25. The van der Waals surface area contributed by atoms with E-state index in [4.69, 9.17) is 0 Å². The Morgan fingerprint density at radius 2 is 1.75 bits per heavy atom. The minimum atomic E-state index is 0. The van der Waals surface area contributed by atoms with Crippen molar-refractivity contribution >= 4 is 19.5 Å². The monoisotopic (exact) mass is 133 g/mol. The first-order valence-electron chi connectivity index (χ1n) is 1.12. The Morgan fingerprint density at radius 1 is 1.75 bits per heavy atom. The van der Waals surface area contributed by atoms with E-state index in [2.05, 4.69) is 9.24 Å². The molecular weight excluding hydrogens is 126 g/mol. The van der Waals surface area contributed by atoms with Gasteiger partial charge in [-0.1, -0.05) is 5.79 Å². The fourth-order valence-corrected chi connectivity index (χ4v) is 0. The minimum absolute atomic E-state index is 0. The molecule has 0 saturated heterocycles. The zero-order valence-electron chi connectivity index (χ0n) is 2.66. The van der Waals surface area contributed by atoms with Gasteiger partial charge in [0.05, 0.1) is 0 Å². The molecule has 27 valence electrons. The smallest absolute Gasteiger partial charge is 0.00757 e. The van der Waals surface area contributed by atoms with Gasteiger partial charge in [0.1, 0.15) is 0 Å². The van der Waals surface area contributed by atoms with Crippen molar-refractivity contribution < 1.29 is 17.1 Å². The molecule has 0 saturated carbocycles. The Balaban J connectivity index is 0. The van der Waals surface area contributed by atoms with E-state index in [0.717, 1.165) is 0 Å².